The van der Waals surface area contributed by atoms with E-state index in [1.54, 1.807) is 11.8 Å². The van der Waals surface area contributed by atoms with Crippen LogP contribution in [0, 0.1) is 6.92 Å². The smallest absolute Gasteiger partial charge is 0.216 e. The van der Waals surface area contributed by atoms with Crippen LogP contribution in [0.3, 0.4) is 0 Å². The van der Waals surface area contributed by atoms with Gasteiger partial charge in [-0.3, -0.25) is 0 Å². The van der Waals surface area contributed by atoms with Crippen molar-refractivity contribution in [2.45, 2.75) is 33.0 Å². The molecule has 1 atom stereocenters. The van der Waals surface area contributed by atoms with Gasteiger partial charge in [0.1, 0.15) is 5.82 Å². The number of nitrogens with zero attached hydrogens (tertiary/aromatic N) is 4. The van der Waals surface area contributed by atoms with Crippen molar-refractivity contribution in [3.8, 4) is 5.88 Å². The first-order valence-electron chi connectivity index (χ1n) is 8.67. The standard InChI is InChI=1S/C18H27N5O2/c1-13-12-23(7-8-25-13)17-6-5-15(10-20-17)9-19-11-16-14(2)21-22(3)18(16)24-4/h5-6,10,13,19H,7-9,11-12H2,1-4H3/t13-/m1/s1. The number of ether oxygens (including phenoxy) is 2. The van der Waals surface area contributed by atoms with Gasteiger partial charge < -0.3 is 19.7 Å². The van der Waals surface area contributed by atoms with Crippen molar-refractivity contribution in [2.24, 2.45) is 7.05 Å². The number of morpholine rings is 1. The Morgan fingerprint density at radius 3 is 2.88 bits per heavy atom. The van der Waals surface area contributed by atoms with Gasteiger partial charge in [0.2, 0.25) is 5.88 Å². The normalized spacial score (nSPS) is 17.8. The van der Waals surface area contributed by atoms with Crippen LogP contribution >= 0.6 is 0 Å². The van der Waals surface area contributed by atoms with E-state index >= 15 is 0 Å². The number of hydrogen-bond donors (Lipinski definition) is 1. The van der Waals surface area contributed by atoms with Crippen molar-refractivity contribution in [2.75, 3.05) is 31.7 Å². The third-order valence-corrected chi connectivity index (χ3v) is 4.49. The number of nitrogens with one attached hydrogen (secondary N) is 1. The lowest BCUT2D eigenvalue weighted by molar-refractivity contribution is 0.0529. The van der Waals surface area contributed by atoms with E-state index in [-0.39, 0.29) is 6.10 Å². The fourth-order valence-electron chi connectivity index (χ4n) is 3.21. The van der Waals surface area contributed by atoms with Crippen molar-refractivity contribution >= 4 is 5.82 Å². The molecule has 0 spiro atoms. The second-order valence-corrected chi connectivity index (χ2v) is 6.45. The van der Waals surface area contributed by atoms with Gasteiger partial charge in [0.15, 0.2) is 0 Å². The number of aromatic nitrogens is 3. The molecule has 1 fully saturated rings. The summed E-state index contributed by atoms with van der Waals surface area (Å²) in [4.78, 5) is 6.88. The number of methoxy groups -OCH3 is 1. The van der Waals surface area contributed by atoms with Crippen LogP contribution in [0.25, 0.3) is 0 Å². The first-order valence-corrected chi connectivity index (χ1v) is 8.67. The quantitative estimate of drug-likeness (QED) is 0.859. The summed E-state index contributed by atoms with van der Waals surface area (Å²) in [5.74, 6) is 1.82. The molecule has 3 rings (SSSR count). The van der Waals surface area contributed by atoms with Gasteiger partial charge in [-0.05, 0) is 25.5 Å². The van der Waals surface area contributed by atoms with Gasteiger partial charge in [-0.1, -0.05) is 6.07 Å². The molecule has 0 radical (unpaired) electrons. The molecule has 3 heterocycles. The zero-order valence-corrected chi connectivity index (χ0v) is 15.5. The third kappa shape index (κ3) is 4.11. The highest BCUT2D eigenvalue weighted by Gasteiger charge is 2.17. The highest BCUT2D eigenvalue weighted by Crippen LogP contribution is 2.20. The van der Waals surface area contributed by atoms with Gasteiger partial charge in [0, 0.05) is 39.4 Å². The van der Waals surface area contributed by atoms with E-state index in [9.17, 15) is 0 Å². The maximum atomic E-state index is 5.58. The summed E-state index contributed by atoms with van der Waals surface area (Å²) < 4.78 is 12.8. The maximum Gasteiger partial charge on any atom is 0.216 e. The lowest BCUT2D eigenvalue weighted by Gasteiger charge is -2.32. The SMILES string of the molecule is COc1c(CNCc2ccc(N3CCO[C@H](C)C3)nc2)c(C)nn1C. The summed E-state index contributed by atoms with van der Waals surface area (Å²) in [5, 5.41) is 7.85. The van der Waals surface area contributed by atoms with Crippen LogP contribution in [-0.4, -0.2) is 47.7 Å². The predicted molar refractivity (Wildman–Crippen MR) is 96.9 cm³/mol. The van der Waals surface area contributed by atoms with Crippen molar-refractivity contribution in [1.82, 2.24) is 20.1 Å². The second-order valence-electron chi connectivity index (χ2n) is 6.45. The zero-order valence-electron chi connectivity index (χ0n) is 15.5. The monoisotopic (exact) mass is 345 g/mol. The number of hydrogen-bond acceptors (Lipinski definition) is 6. The van der Waals surface area contributed by atoms with Crippen LogP contribution in [0.1, 0.15) is 23.7 Å². The van der Waals surface area contributed by atoms with Gasteiger partial charge in [0.25, 0.3) is 0 Å². The van der Waals surface area contributed by atoms with Crippen LogP contribution in [0.15, 0.2) is 18.3 Å². The van der Waals surface area contributed by atoms with Crippen molar-refractivity contribution < 1.29 is 9.47 Å². The molecule has 2 aromatic rings. The zero-order chi connectivity index (χ0) is 17.8. The molecule has 0 aliphatic carbocycles. The van der Waals surface area contributed by atoms with Crippen molar-refractivity contribution in [1.29, 1.82) is 0 Å². The lowest BCUT2D eigenvalue weighted by atomic mass is 10.2. The first kappa shape index (κ1) is 17.7. The first-order chi connectivity index (χ1) is 12.1. The van der Waals surface area contributed by atoms with Crippen LogP contribution in [0.5, 0.6) is 5.88 Å². The summed E-state index contributed by atoms with van der Waals surface area (Å²) in [7, 11) is 3.57. The predicted octanol–water partition coefficient (Wildman–Crippen LogP) is 1.65. The molecule has 1 aliphatic rings. The number of aryl methyl sites for hydroxylation is 2. The molecule has 7 heteroatoms. The minimum atomic E-state index is 0.259. The summed E-state index contributed by atoms with van der Waals surface area (Å²) in [6.07, 6.45) is 2.20. The summed E-state index contributed by atoms with van der Waals surface area (Å²) in [6.45, 7) is 8.12. The molecule has 0 aromatic carbocycles. The fourth-order valence-corrected chi connectivity index (χ4v) is 3.21. The van der Waals surface area contributed by atoms with Crippen LogP contribution in [0.2, 0.25) is 0 Å². The van der Waals surface area contributed by atoms with Crippen LogP contribution < -0.4 is 15.0 Å². The van der Waals surface area contributed by atoms with Gasteiger partial charge in [-0.2, -0.15) is 5.10 Å². The Balaban J connectivity index is 1.56. The molecule has 136 valence electrons. The number of anilines is 1. The molecule has 1 aliphatic heterocycles. The maximum absolute atomic E-state index is 5.58. The Labute approximate surface area is 148 Å². The summed E-state index contributed by atoms with van der Waals surface area (Å²) >= 11 is 0. The highest BCUT2D eigenvalue weighted by molar-refractivity contribution is 5.40. The van der Waals surface area contributed by atoms with Gasteiger partial charge >= 0.3 is 0 Å². The topological polar surface area (TPSA) is 64.4 Å². The summed E-state index contributed by atoms with van der Waals surface area (Å²) in [5.41, 5.74) is 3.24. The minimum absolute atomic E-state index is 0.259. The minimum Gasteiger partial charge on any atom is -0.481 e. The highest BCUT2D eigenvalue weighted by atomic mass is 16.5. The number of pyridine rings is 1. The molecule has 2 aromatic heterocycles. The molecular weight excluding hydrogens is 318 g/mol. The lowest BCUT2D eigenvalue weighted by Crippen LogP contribution is -2.41. The third-order valence-electron chi connectivity index (χ3n) is 4.49. The van der Waals surface area contributed by atoms with Crippen molar-refractivity contribution in [3.63, 3.8) is 0 Å². The second kappa shape index (κ2) is 7.84. The van der Waals surface area contributed by atoms with Gasteiger partial charge in [0.05, 0.1) is 31.1 Å². The van der Waals surface area contributed by atoms with E-state index in [0.717, 1.165) is 54.8 Å². The van der Waals surface area contributed by atoms with E-state index < -0.39 is 0 Å². The average molecular weight is 345 g/mol. The van der Waals surface area contributed by atoms with E-state index in [1.807, 2.05) is 20.2 Å². The molecular formula is C18H27N5O2. The Morgan fingerprint density at radius 2 is 2.20 bits per heavy atom. The van der Waals surface area contributed by atoms with E-state index in [1.165, 1.54) is 0 Å². The van der Waals surface area contributed by atoms with E-state index in [0.29, 0.717) is 6.54 Å². The molecule has 0 unspecified atom stereocenters. The van der Waals surface area contributed by atoms with E-state index in [2.05, 4.69) is 39.4 Å². The Morgan fingerprint density at radius 1 is 1.36 bits per heavy atom. The number of rotatable bonds is 6. The van der Waals surface area contributed by atoms with Crippen LogP contribution in [-0.2, 0) is 24.9 Å². The fraction of sp³-hybridized carbons (Fsp3) is 0.556. The average Bonchev–Trinajstić information content (AvgIpc) is 2.88. The Hall–Kier alpha value is -2.12. The summed E-state index contributed by atoms with van der Waals surface area (Å²) in [6, 6.07) is 4.22. The van der Waals surface area contributed by atoms with Gasteiger partial charge in [-0.15, -0.1) is 0 Å². The van der Waals surface area contributed by atoms with Crippen molar-refractivity contribution in [3.05, 3.63) is 35.2 Å². The van der Waals surface area contributed by atoms with E-state index in [4.69, 9.17) is 9.47 Å². The van der Waals surface area contributed by atoms with Crippen LogP contribution in [0.4, 0.5) is 5.82 Å². The van der Waals surface area contributed by atoms with Gasteiger partial charge in [-0.25, -0.2) is 9.67 Å². The Kier molecular flexibility index (Phi) is 5.55. The molecule has 1 saturated heterocycles. The Bertz CT molecular complexity index is 698. The molecule has 0 bridgehead atoms. The molecule has 0 amide bonds. The molecule has 25 heavy (non-hydrogen) atoms. The molecule has 7 nitrogen and oxygen atoms in total. The molecule has 1 N–H and O–H groups in total. The largest absolute Gasteiger partial charge is 0.481 e. The molecule has 0 saturated carbocycles.